The highest BCUT2D eigenvalue weighted by molar-refractivity contribution is 5.92. The second-order valence-corrected chi connectivity index (χ2v) is 9.79. The third-order valence-electron chi connectivity index (χ3n) is 5.47. The number of hydrogen-bond acceptors (Lipinski definition) is 4. The minimum absolute atomic E-state index is 0.0750. The summed E-state index contributed by atoms with van der Waals surface area (Å²) >= 11 is 0. The van der Waals surface area contributed by atoms with E-state index in [9.17, 15) is 14.4 Å². The van der Waals surface area contributed by atoms with Gasteiger partial charge in [0.2, 0.25) is 11.8 Å². The van der Waals surface area contributed by atoms with Crippen LogP contribution in [-0.2, 0) is 20.7 Å². The van der Waals surface area contributed by atoms with Crippen molar-refractivity contribution in [1.29, 1.82) is 0 Å². The predicted octanol–water partition coefficient (Wildman–Crippen LogP) is 4.60. The quantitative estimate of drug-likeness (QED) is 0.533. The number of amides is 3. The predicted molar refractivity (Wildman–Crippen MR) is 132 cm³/mol. The zero-order valence-corrected chi connectivity index (χ0v) is 21.8. The summed E-state index contributed by atoms with van der Waals surface area (Å²) in [5, 5.41) is 5.71. The molecule has 0 bridgehead atoms. The fourth-order valence-corrected chi connectivity index (χ4v) is 3.53. The van der Waals surface area contributed by atoms with Crippen molar-refractivity contribution in [3.8, 4) is 0 Å². The van der Waals surface area contributed by atoms with Gasteiger partial charge in [-0.2, -0.15) is 0 Å². The third-order valence-corrected chi connectivity index (χ3v) is 5.47. The molecule has 0 aliphatic carbocycles. The molecule has 0 saturated carbocycles. The number of rotatable bonds is 10. The molecule has 2 N–H and O–H groups in total. The van der Waals surface area contributed by atoms with Crippen molar-refractivity contribution in [2.24, 2.45) is 5.92 Å². The fraction of sp³-hybridized carbons (Fsp3) is 0.654. The van der Waals surface area contributed by atoms with Crippen LogP contribution >= 0.6 is 0 Å². The monoisotopic (exact) mass is 461 g/mol. The Hall–Kier alpha value is -2.57. The van der Waals surface area contributed by atoms with E-state index in [1.807, 2.05) is 58.9 Å². The highest BCUT2D eigenvalue weighted by Crippen LogP contribution is 2.25. The number of benzene rings is 1. The lowest BCUT2D eigenvalue weighted by Crippen LogP contribution is -2.55. The zero-order valence-electron chi connectivity index (χ0n) is 21.8. The van der Waals surface area contributed by atoms with Crippen molar-refractivity contribution in [2.45, 2.75) is 98.9 Å². The van der Waals surface area contributed by atoms with Gasteiger partial charge in [-0.25, -0.2) is 4.79 Å². The van der Waals surface area contributed by atoms with Crippen molar-refractivity contribution in [1.82, 2.24) is 15.5 Å². The number of aryl methyl sites for hydroxylation is 1. The first kappa shape index (κ1) is 28.5. The molecule has 7 heteroatoms. The molecule has 0 aromatic heterocycles. The number of ether oxygens (including phenoxy) is 1. The van der Waals surface area contributed by atoms with Gasteiger partial charge in [-0.05, 0) is 65.0 Å². The van der Waals surface area contributed by atoms with Crippen LogP contribution in [0.4, 0.5) is 4.79 Å². The first-order chi connectivity index (χ1) is 15.3. The molecular weight excluding hydrogens is 418 g/mol. The van der Waals surface area contributed by atoms with Crippen LogP contribution in [0, 0.1) is 5.92 Å². The van der Waals surface area contributed by atoms with Gasteiger partial charge < -0.3 is 20.3 Å². The Balaban J connectivity index is 3.37. The SMILES string of the molecule is CCc1ccc(C(C(=O)NC(C)C)N(CC)C(=O)C(NC(=O)OC(C)(C)C)C(C)CC)cc1. The largest absolute Gasteiger partial charge is 0.444 e. The Morgan fingerprint density at radius 1 is 0.970 bits per heavy atom. The van der Waals surface area contributed by atoms with Gasteiger partial charge in [0.05, 0.1) is 0 Å². The molecule has 0 radical (unpaired) electrons. The van der Waals surface area contributed by atoms with E-state index in [4.69, 9.17) is 4.74 Å². The van der Waals surface area contributed by atoms with Crippen molar-refractivity contribution in [3.63, 3.8) is 0 Å². The Kier molecular flexibility index (Phi) is 10.9. The molecule has 186 valence electrons. The van der Waals surface area contributed by atoms with Crippen molar-refractivity contribution < 1.29 is 19.1 Å². The van der Waals surface area contributed by atoms with Gasteiger partial charge in [0.25, 0.3) is 0 Å². The molecule has 3 atom stereocenters. The van der Waals surface area contributed by atoms with Gasteiger partial charge in [-0.3, -0.25) is 9.59 Å². The van der Waals surface area contributed by atoms with Crippen LogP contribution in [0.15, 0.2) is 24.3 Å². The van der Waals surface area contributed by atoms with E-state index in [0.717, 1.165) is 17.5 Å². The summed E-state index contributed by atoms with van der Waals surface area (Å²) < 4.78 is 5.40. The number of nitrogens with one attached hydrogen (secondary N) is 2. The average molecular weight is 462 g/mol. The summed E-state index contributed by atoms with van der Waals surface area (Å²) in [4.78, 5) is 41.1. The maximum absolute atomic E-state index is 13.8. The maximum atomic E-state index is 13.8. The lowest BCUT2D eigenvalue weighted by molar-refractivity contribution is -0.143. The molecule has 0 fully saturated rings. The van der Waals surface area contributed by atoms with Crippen molar-refractivity contribution in [2.75, 3.05) is 6.54 Å². The van der Waals surface area contributed by atoms with Crippen LogP contribution in [0.5, 0.6) is 0 Å². The molecule has 0 spiro atoms. The first-order valence-electron chi connectivity index (χ1n) is 12.0. The summed E-state index contributed by atoms with van der Waals surface area (Å²) in [5.41, 5.74) is 1.21. The first-order valence-corrected chi connectivity index (χ1v) is 12.0. The van der Waals surface area contributed by atoms with Crippen LogP contribution < -0.4 is 10.6 Å². The molecule has 7 nitrogen and oxygen atoms in total. The van der Waals surface area contributed by atoms with Crippen LogP contribution in [0.25, 0.3) is 0 Å². The minimum Gasteiger partial charge on any atom is -0.444 e. The van der Waals surface area contributed by atoms with E-state index in [-0.39, 0.29) is 23.8 Å². The number of hydrogen-bond donors (Lipinski definition) is 2. The molecule has 3 amide bonds. The number of alkyl carbamates (subject to hydrolysis) is 1. The molecule has 33 heavy (non-hydrogen) atoms. The average Bonchev–Trinajstić information content (AvgIpc) is 2.73. The second kappa shape index (κ2) is 12.6. The Labute approximate surface area is 199 Å². The topological polar surface area (TPSA) is 87.7 Å². The Morgan fingerprint density at radius 2 is 1.55 bits per heavy atom. The van der Waals surface area contributed by atoms with Crippen LogP contribution in [-0.4, -0.2) is 47.0 Å². The van der Waals surface area contributed by atoms with Crippen LogP contribution in [0.1, 0.15) is 85.9 Å². The van der Waals surface area contributed by atoms with E-state index in [0.29, 0.717) is 13.0 Å². The van der Waals surface area contributed by atoms with Gasteiger partial charge in [0.1, 0.15) is 17.7 Å². The number of carbonyl (C=O) groups is 3. The molecule has 1 aromatic rings. The second-order valence-electron chi connectivity index (χ2n) is 9.79. The lowest BCUT2D eigenvalue weighted by Gasteiger charge is -2.35. The summed E-state index contributed by atoms with van der Waals surface area (Å²) in [7, 11) is 0. The van der Waals surface area contributed by atoms with Gasteiger partial charge >= 0.3 is 6.09 Å². The lowest BCUT2D eigenvalue weighted by atomic mass is 9.95. The summed E-state index contributed by atoms with van der Waals surface area (Å²) in [5.74, 6) is -0.693. The Bertz CT molecular complexity index is 784. The summed E-state index contributed by atoms with van der Waals surface area (Å²) in [6.07, 6.45) is 0.917. The van der Waals surface area contributed by atoms with Crippen molar-refractivity contribution >= 4 is 17.9 Å². The van der Waals surface area contributed by atoms with E-state index in [1.165, 1.54) is 0 Å². The number of likely N-dealkylation sites (N-methyl/N-ethyl adjacent to an activating group) is 1. The van der Waals surface area contributed by atoms with Gasteiger partial charge in [-0.1, -0.05) is 51.5 Å². The maximum Gasteiger partial charge on any atom is 0.408 e. The third kappa shape index (κ3) is 8.71. The Morgan fingerprint density at radius 3 is 1.97 bits per heavy atom. The van der Waals surface area contributed by atoms with Crippen LogP contribution in [0.2, 0.25) is 0 Å². The van der Waals surface area contributed by atoms with E-state index >= 15 is 0 Å². The van der Waals surface area contributed by atoms with Crippen LogP contribution in [0.3, 0.4) is 0 Å². The smallest absolute Gasteiger partial charge is 0.408 e. The highest BCUT2D eigenvalue weighted by atomic mass is 16.6. The van der Waals surface area contributed by atoms with Crippen molar-refractivity contribution in [3.05, 3.63) is 35.4 Å². The fourth-order valence-electron chi connectivity index (χ4n) is 3.53. The molecule has 0 saturated heterocycles. The number of carbonyl (C=O) groups excluding carboxylic acids is 3. The highest BCUT2D eigenvalue weighted by Gasteiger charge is 2.37. The summed E-state index contributed by atoms with van der Waals surface area (Å²) in [6.45, 7) is 17.2. The van der Waals surface area contributed by atoms with Gasteiger partial charge in [-0.15, -0.1) is 0 Å². The molecule has 1 rings (SSSR count). The molecular formula is C26H43N3O4. The standard InChI is InChI=1S/C26H43N3O4/c1-10-18(6)21(28-25(32)33-26(7,8)9)24(31)29(12-3)22(23(30)27-17(4)5)20-15-13-19(11-2)14-16-20/h13-18,21-22H,10-12H2,1-9H3,(H,27,30)(H,28,32). The van der Waals surface area contributed by atoms with E-state index in [2.05, 4.69) is 17.6 Å². The molecule has 3 unspecified atom stereocenters. The zero-order chi connectivity index (χ0) is 25.3. The number of nitrogens with zero attached hydrogens (tertiary/aromatic N) is 1. The molecule has 1 aromatic carbocycles. The molecule has 0 aliphatic heterocycles. The van der Waals surface area contributed by atoms with E-state index in [1.54, 1.807) is 25.7 Å². The van der Waals surface area contributed by atoms with Gasteiger partial charge in [0, 0.05) is 12.6 Å². The minimum atomic E-state index is -0.811. The molecule has 0 heterocycles. The van der Waals surface area contributed by atoms with Gasteiger partial charge in [0.15, 0.2) is 0 Å². The normalized spacial score (nSPS) is 14.2. The molecule has 0 aliphatic rings. The van der Waals surface area contributed by atoms with E-state index < -0.39 is 23.8 Å². The summed E-state index contributed by atoms with van der Waals surface area (Å²) in [6, 6.07) is 6.08.